The van der Waals surface area contributed by atoms with E-state index in [1.54, 1.807) is 0 Å². The standard InChI is InChI=1S/C44H26N4O/c1-2-11-28(12-3-1)42-46-43(31-22-21-27-10-4-5-13-29(27)24-31)48-44(47-42)36-19-7-15-32-33(16-6-17-34(32)36)35-18-8-20-39-41(35)37-25-30-14-9-23-45-38(30)26-40(37)49-39/h1-26H. The molecule has 7 aromatic carbocycles. The molecule has 3 heterocycles. The maximum atomic E-state index is 6.40. The SMILES string of the molecule is c1ccc(-c2nc(-c3ccc4ccccc4c3)nc(-c3cccc4c(-c5cccc6oc7cc8ncccc8cc7c56)cccc34)n2)cc1. The summed E-state index contributed by atoms with van der Waals surface area (Å²) in [5.41, 5.74) is 7.65. The predicted octanol–water partition coefficient (Wildman–Crippen LogP) is 11.3. The van der Waals surface area contributed by atoms with E-state index in [1.165, 1.54) is 5.39 Å². The monoisotopic (exact) mass is 626 g/mol. The number of pyridine rings is 1. The number of hydrogen-bond donors (Lipinski definition) is 0. The molecule has 49 heavy (non-hydrogen) atoms. The molecule has 0 bridgehead atoms. The molecule has 5 nitrogen and oxygen atoms in total. The maximum Gasteiger partial charge on any atom is 0.164 e. The van der Waals surface area contributed by atoms with Crippen molar-refractivity contribution in [1.82, 2.24) is 19.9 Å². The Hall–Kier alpha value is -6.72. The van der Waals surface area contributed by atoms with Crippen molar-refractivity contribution in [2.45, 2.75) is 0 Å². The Bertz CT molecular complexity index is 2890. The molecule has 0 radical (unpaired) electrons. The summed E-state index contributed by atoms with van der Waals surface area (Å²) in [5.74, 6) is 1.91. The van der Waals surface area contributed by atoms with E-state index in [-0.39, 0.29) is 0 Å². The Morgan fingerprint density at radius 3 is 1.96 bits per heavy atom. The third kappa shape index (κ3) is 4.55. The third-order valence-corrected chi connectivity index (χ3v) is 9.35. The van der Waals surface area contributed by atoms with Gasteiger partial charge in [-0.1, -0.05) is 121 Å². The summed E-state index contributed by atoms with van der Waals surface area (Å²) < 4.78 is 6.40. The molecule has 5 heteroatoms. The highest BCUT2D eigenvalue weighted by atomic mass is 16.3. The summed E-state index contributed by atoms with van der Waals surface area (Å²) in [4.78, 5) is 19.8. The lowest BCUT2D eigenvalue weighted by atomic mass is 9.92. The highest BCUT2D eigenvalue weighted by molar-refractivity contribution is 6.18. The van der Waals surface area contributed by atoms with Gasteiger partial charge in [0.15, 0.2) is 17.5 Å². The van der Waals surface area contributed by atoms with Crippen molar-refractivity contribution in [2.24, 2.45) is 0 Å². The summed E-state index contributed by atoms with van der Waals surface area (Å²) >= 11 is 0. The normalized spacial score (nSPS) is 11.7. The fourth-order valence-electron chi connectivity index (χ4n) is 7.03. The first-order valence-electron chi connectivity index (χ1n) is 16.3. The van der Waals surface area contributed by atoms with Gasteiger partial charge in [-0.05, 0) is 56.9 Å². The van der Waals surface area contributed by atoms with Crippen LogP contribution in [0.2, 0.25) is 0 Å². The average molecular weight is 627 g/mol. The molecule has 228 valence electrons. The van der Waals surface area contributed by atoms with Crippen LogP contribution in [-0.4, -0.2) is 19.9 Å². The molecule has 0 amide bonds. The van der Waals surface area contributed by atoms with Gasteiger partial charge < -0.3 is 4.42 Å². The number of hydrogen-bond acceptors (Lipinski definition) is 5. The van der Waals surface area contributed by atoms with E-state index in [9.17, 15) is 0 Å². The Kier molecular flexibility index (Phi) is 6.11. The molecule has 0 saturated carbocycles. The zero-order valence-electron chi connectivity index (χ0n) is 26.2. The minimum Gasteiger partial charge on any atom is -0.456 e. The Morgan fingerprint density at radius 1 is 0.388 bits per heavy atom. The van der Waals surface area contributed by atoms with Gasteiger partial charge in [0, 0.05) is 45.1 Å². The molecule has 10 aromatic rings. The molecule has 0 aliphatic carbocycles. The first-order valence-corrected chi connectivity index (χ1v) is 16.3. The fraction of sp³-hybridized carbons (Fsp3) is 0. The van der Waals surface area contributed by atoms with Gasteiger partial charge in [-0.15, -0.1) is 0 Å². The molecule has 0 unspecified atom stereocenters. The first kappa shape index (κ1) is 27.4. The number of fused-ring (bicyclic) bond motifs is 6. The third-order valence-electron chi connectivity index (χ3n) is 9.35. The van der Waals surface area contributed by atoms with E-state index < -0.39 is 0 Å². The second-order valence-electron chi connectivity index (χ2n) is 12.3. The molecule has 10 rings (SSSR count). The Labute approximate surface area is 281 Å². The first-order chi connectivity index (χ1) is 24.3. The smallest absolute Gasteiger partial charge is 0.164 e. The molecule has 0 aliphatic rings. The van der Waals surface area contributed by atoms with Crippen LogP contribution in [0.3, 0.4) is 0 Å². The quantitative estimate of drug-likeness (QED) is 0.194. The zero-order chi connectivity index (χ0) is 32.3. The van der Waals surface area contributed by atoms with Gasteiger partial charge in [0.25, 0.3) is 0 Å². The number of aromatic nitrogens is 4. The van der Waals surface area contributed by atoms with Gasteiger partial charge in [-0.3, -0.25) is 4.98 Å². The molecule has 0 atom stereocenters. The molecule has 0 aliphatic heterocycles. The second kappa shape index (κ2) is 10.9. The largest absolute Gasteiger partial charge is 0.456 e. The second-order valence-corrected chi connectivity index (χ2v) is 12.3. The summed E-state index contributed by atoms with van der Waals surface area (Å²) in [6.07, 6.45) is 1.82. The van der Waals surface area contributed by atoms with Gasteiger partial charge in [-0.25, -0.2) is 15.0 Å². The van der Waals surface area contributed by atoms with Crippen molar-refractivity contribution in [3.05, 3.63) is 158 Å². The molecule has 0 N–H and O–H groups in total. The molecular formula is C44H26N4O. The minimum atomic E-state index is 0.630. The van der Waals surface area contributed by atoms with E-state index in [0.29, 0.717) is 17.5 Å². The van der Waals surface area contributed by atoms with Crippen LogP contribution >= 0.6 is 0 Å². The number of furan rings is 1. The topological polar surface area (TPSA) is 64.7 Å². The van der Waals surface area contributed by atoms with Crippen molar-refractivity contribution in [2.75, 3.05) is 0 Å². The van der Waals surface area contributed by atoms with Crippen LogP contribution in [0.4, 0.5) is 0 Å². The summed E-state index contributed by atoms with van der Waals surface area (Å²) in [5, 5.41) is 7.74. The molecular weight excluding hydrogens is 601 g/mol. The fourth-order valence-corrected chi connectivity index (χ4v) is 7.03. The maximum absolute atomic E-state index is 6.40. The number of benzene rings is 7. The van der Waals surface area contributed by atoms with Gasteiger partial charge in [-0.2, -0.15) is 0 Å². The van der Waals surface area contributed by atoms with Gasteiger partial charge in [0.2, 0.25) is 0 Å². The molecule has 0 spiro atoms. The molecule has 0 fully saturated rings. The van der Waals surface area contributed by atoms with Crippen LogP contribution in [0, 0.1) is 0 Å². The lowest BCUT2D eigenvalue weighted by molar-refractivity contribution is 0.669. The van der Waals surface area contributed by atoms with Crippen LogP contribution in [0.5, 0.6) is 0 Å². The van der Waals surface area contributed by atoms with Crippen molar-refractivity contribution in [3.8, 4) is 45.3 Å². The Balaban J connectivity index is 1.19. The Morgan fingerprint density at radius 2 is 1.08 bits per heavy atom. The van der Waals surface area contributed by atoms with Gasteiger partial charge in [0.05, 0.1) is 5.52 Å². The van der Waals surface area contributed by atoms with Crippen molar-refractivity contribution in [1.29, 1.82) is 0 Å². The van der Waals surface area contributed by atoms with Crippen LogP contribution < -0.4 is 0 Å². The summed E-state index contributed by atoms with van der Waals surface area (Å²) in [7, 11) is 0. The predicted molar refractivity (Wildman–Crippen MR) is 199 cm³/mol. The summed E-state index contributed by atoms with van der Waals surface area (Å²) in [6.45, 7) is 0. The molecule has 0 saturated heterocycles. The van der Waals surface area contributed by atoms with Crippen LogP contribution in [0.25, 0.3) is 99.7 Å². The van der Waals surface area contributed by atoms with Gasteiger partial charge >= 0.3 is 0 Å². The van der Waals surface area contributed by atoms with Crippen molar-refractivity contribution >= 4 is 54.4 Å². The van der Waals surface area contributed by atoms with Crippen LogP contribution in [0.1, 0.15) is 0 Å². The van der Waals surface area contributed by atoms with E-state index in [0.717, 1.165) is 76.8 Å². The highest BCUT2D eigenvalue weighted by Gasteiger charge is 2.18. The highest BCUT2D eigenvalue weighted by Crippen LogP contribution is 2.41. The van der Waals surface area contributed by atoms with Crippen molar-refractivity contribution < 1.29 is 4.42 Å². The minimum absolute atomic E-state index is 0.630. The lowest BCUT2D eigenvalue weighted by Crippen LogP contribution is -2.00. The van der Waals surface area contributed by atoms with Gasteiger partial charge in [0.1, 0.15) is 11.2 Å². The van der Waals surface area contributed by atoms with Crippen molar-refractivity contribution in [3.63, 3.8) is 0 Å². The number of rotatable bonds is 4. The molecule has 3 aromatic heterocycles. The van der Waals surface area contributed by atoms with E-state index in [4.69, 9.17) is 19.4 Å². The summed E-state index contributed by atoms with van der Waals surface area (Å²) in [6, 6.07) is 52.2. The zero-order valence-corrected chi connectivity index (χ0v) is 26.2. The van der Waals surface area contributed by atoms with Crippen LogP contribution in [-0.2, 0) is 0 Å². The van der Waals surface area contributed by atoms with E-state index in [2.05, 4.69) is 108 Å². The average Bonchev–Trinajstić information content (AvgIpc) is 3.54. The number of nitrogens with zero attached hydrogens (tertiary/aromatic N) is 4. The van der Waals surface area contributed by atoms with E-state index in [1.807, 2.05) is 54.7 Å². The lowest BCUT2D eigenvalue weighted by Gasteiger charge is -2.13. The van der Waals surface area contributed by atoms with Crippen LogP contribution in [0.15, 0.2) is 162 Å². The van der Waals surface area contributed by atoms with E-state index >= 15 is 0 Å².